The highest BCUT2D eigenvalue weighted by molar-refractivity contribution is 5.91. The first kappa shape index (κ1) is 12.1. The third-order valence-electron chi connectivity index (χ3n) is 2.39. The van der Waals surface area contributed by atoms with Crippen LogP contribution in [0.2, 0.25) is 0 Å². The van der Waals surface area contributed by atoms with Crippen molar-refractivity contribution in [3.63, 3.8) is 0 Å². The number of amides is 1. The summed E-state index contributed by atoms with van der Waals surface area (Å²) < 4.78 is 9.67. The molecule has 2 heterocycles. The van der Waals surface area contributed by atoms with Crippen LogP contribution in [0.5, 0.6) is 5.88 Å². The fraction of sp³-hybridized carbons (Fsp3) is 0.250. The summed E-state index contributed by atoms with van der Waals surface area (Å²) >= 11 is 0. The van der Waals surface area contributed by atoms with Crippen molar-refractivity contribution in [3.8, 4) is 5.88 Å². The number of hydrogen-bond donors (Lipinski definition) is 0. The molecule has 0 aromatic carbocycles. The van der Waals surface area contributed by atoms with Gasteiger partial charge in [-0.3, -0.25) is 4.79 Å². The van der Waals surface area contributed by atoms with Crippen LogP contribution in [0.4, 0.5) is 0 Å². The molecule has 0 saturated carbocycles. The minimum atomic E-state index is -0.214. The third kappa shape index (κ3) is 2.65. The molecule has 2 aromatic rings. The topological polar surface area (TPSA) is 68.5 Å². The maximum absolute atomic E-state index is 11.9. The molecule has 0 atom stereocenters. The Hall–Kier alpha value is -2.37. The zero-order valence-electron chi connectivity index (χ0n) is 10.2. The zero-order valence-corrected chi connectivity index (χ0v) is 10.2. The van der Waals surface area contributed by atoms with Gasteiger partial charge in [0.1, 0.15) is 6.26 Å². The average molecular weight is 247 g/mol. The molecule has 0 N–H and O–H groups in total. The van der Waals surface area contributed by atoms with Crippen LogP contribution in [-0.2, 0) is 6.54 Å². The van der Waals surface area contributed by atoms with Gasteiger partial charge in [0.15, 0.2) is 5.69 Å². The highest BCUT2D eigenvalue weighted by Crippen LogP contribution is 2.09. The Morgan fingerprint density at radius 1 is 1.44 bits per heavy atom. The van der Waals surface area contributed by atoms with Gasteiger partial charge in [-0.05, 0) is 6.07 Å². The van der Waals surface area contributed by atoms with Gasteiger partial charge in [-0.1, -0.05) is 11.2 Å². The molecule has 0 saturated heterocycles. The van der Waals surface area contributed by atoms with E-state index in [-0.39, 0.29) is 11.6 Å². The van der Waals surface area contributed by atoms with E-state index in [1.54, 1.807) is 20.2 Å². The van der Waals surface area contributed by atoms with Gasteiger partial charge in [0, 0.05) is 19.2 Å². The van der Waals surface area contributed by atoms with E-state index in [9.17, 15) is 4.79 Å². The second-order valence-electron chi connectivity index (χ2n) is 3.72. The first-order valence-electron chi connectivity index (χ1n) is 5.36. The monoisotopic (exact) mass is 247 g/mol. The average Bonchev–Trinajstić information content (AvgIpc) is 2.92. The molecule has 6 nitrogen and oxygen atoms in total. The van der Waals surface area contributed by atoms with Crippen LogP contribution in [-0.4, -0.2) is 35.1 Å². The number of nitrogens with zero attached hydrogens (tertiary/aromatic N) is 3. The van der Waals surface area contributed by atoms with Crippen LogP contribution in [0.1, 0.15) is 16.2 Å². The largest absolute Gasteiger partial charge is 0.481 e. The van der Waals surface area contributed by atoms with Gasteiger partial charge < -0.3 is 14.2 Å². The van der Waals surface area contributed by atoms with Crippen molar-refractivity contribution < 1.29 is 14.1 Å². The van der Waals surface area contributed by atoms with Crippen LogP contribution in [0.15, 0.2) is 35.1 Å². The molecule has 2 aromatic heterocycles. The summed E-state index contributed by atoms with van der Waals surface area (Å²) in [5.41, 5.74) is 1.02. The molecule has 0 spiro atoms. The summed E-state index contributed by atoms with van der Waals surface area (Å²) in [6.45, 7) is 0.378. The Morgan fingerprint density at radius 2 is 2.28 bits per heavy atom. The minimum Gasteiger partial charge on any atom is -0.481 e. The summed E-state index contributed by atoms with van der Waals surface area (Å²) in [6, 6.07) is 6.94. The lowest BCUT2D eigenvalue weighted by molar-refractivity contribution is 0.0773. The number of pyridine rings is 1. The molecule has 0 fully saturated rings. The van der Waals surface area contributed by atoms with E-state index in [1.165, 1.54) is 17.2 Å². The van der Waals surface area contributed by atoms with Gasteiger partial charge in [-0.15, -0.1) is 0 Å². The lowest BCUT2D eigenvalue weighted by atomic mass is 10.3. The van der Waals surface area contributed by atoms with E-state index in [0.29, 0.717) is 12.4 Å². The molecule has 18 heavy (non-hydrogen) atoms. The minimum absolute atomic E-state index is 0.214. The third-order valence-corrected chi connectivity index (χ3v) is 2.39. The number of ether oxygens (including phenoxy) is 1. The predicted octanol–water partition coefficient (Wildman–Crippen LogP) is 1.35. The molecule has 0 aliphatic carbocycles. The second kappa shape index (κ2) is 5.31. The Morgan fingerprint density at radius 3 is 2.94 bits per heavy atom. The van der Waals surface area contributed by atoms with Crippen LogP contribution in [0, 0.1) is 0 Å². The number of carbonyl (C=O) groups excluding carboxylic acids is 1. The Balaban J connectivity index is 2.06. The van der Waals surface area contributed by atoms with E-state index < -0.39 is 0 Å². The fourth-order valence-electron chi connectivity index (χ4n) is 1.49. The van der Waals surface area contributed by atoms with Gasteiger partial charge in [0.05, 0.1) is 19.3 Å². The van der Waals surface area contributed by atoms with Gasteiger partial charge in [-0.2, -0.15) is 0 Å². The highest BCUT2D eigenvalue weighted by Gasteiger charge is 2.15. The maximum atomic E-state index is 11.9. The van der Waals surface area contributed by atoms with Crippen molar-refractivity contribution >= 4 is 5.91 Å². The highest BCUT2D eigenvalue weighted by atomic mass is 16.5. The molecule has 1 amide bonds. The Kier molecular flexibility index (Phi) is 3.57. The van der Waals surface area contributed by atoms with Crippen LogP contribution in [0.3, 0.4) is 0 Å². The molecular weight excluding hydrogens is 234 g/mol. The number of methoxy groups -OCH3 is 1. The Bertz CT molecular complexity index is 525. The Labute approximate surface area is 104 Å². The van der Waals surface area contributed by atoms with E-state index in [2.05, 4.69) is 14.7 Å². The summed E-state index contributed by atoms with van der Waals surface area (Å²) in [5, 5.41) is 3.60. The molecule has 6 heteroatoms. The molecule has 94 valence electrons. The first-order chi connectivity index (χ1) is 8.70. The van der Waals surface area contributed by atoms with Crippen LogP contribution in [0.25, 0.3) is 0 Å². The number of aromatic nitrogens is 2. The van der Waals surface area contributed by atoms with Gasteiger partial charge in [0.25, 0.3) is 5.91 Å². The molecule has 2 rings (SSSR count). The summed E-state index contributed by atoms with van der Waals surface area (Å²) in [4.78, 5) is 17.7. The summed E-state index contributed by atoms with van der Waals surface area (Å²) in [5.74, 6) is 0.308. The van der Waals surface area contributed by atoms with Gasteiger partial charge in [-0.25, -0.2) is 4.98 Å². The number of carbonyl (C=O) groups is 1. The first-order valence-corrected chi connectivity index (χ1v) is 5.36. The molecule has 0 bridgehead atoms. The smallest absolute Gasteiger partial charge is 0.276 e. The van der Waals surface area contributed by atoms with E-state index >= 15 is 0 Å². The van der Waals surface area contributed by atoms with Crippen molar-refractivity contribution in [3.05, 3.63) is 41.9 Å². The zero-order chi connectivity index (χ0) is 13.0. The standard InChI is InChI=1S/C12H13N3O3/c1-15(12(16)10-6-7-18-14-10)8-9-4-3-5-11(13-9)17-2/h3-7H,8H2,1-2H3. The van der Waals surface area contributed by atoms with Crippen molar-refractivity contribution in [1.82, 2.24) is 15.0 Å². The lowest BCUT2D eigenvalue weighted by Gasteiger charge is -2.15. The molecular formula is C12H13N3O3. The van der Waals surface area contributed by atoms with Crippen molar-refractivity contribution in [2.24, 2.45) is 0 Å². The predicted molar refractivity (Wildman–Crippen MR) is 63.1 cm³/mol. The van der Waals surface area contributed by atoms with Crippen LogP contribution < -0.4 is 4.74 Å². The molecule has 0 aliphatic heterocycles. The lowest BCUT2D eigenvalue weighted by Crippen LogP contribution is -2.26. The van der Waals surface area contributed by atoms with E-state index in [4.69, 9.17) is 4.74 Å². The van der Waals surface area contributed by atoms with Crippen molar-refractivity contribution in [1.29, 1.82) is 0 Å². The van der Waals surface area contributed by atoms with Crippen LogP contribution >= 0.6 is 0 Å². The second-order valence-corrected chi connectivity index (χ2v) is 3.72. The molecule has 0 radical (unpaired) electrons. The van der Waals surface area contributed by atoms with E-state index in [1.807, 2.05) is 12.1 Å². The van der Waals surface area contributed by atoms with Gasteiger partial charge in [0.2, 0.25) is 5.88 Å². The molecule has 0 aliphatic rings. The quantitative estimate of drug-likeness (QED) is 0.815. The van der Waals surface area contributed by atoms with Crippen molar-refractivity contribution in [2.75, 3.05) is 14.2 Å². The molecule has 0 unspecified atom stereocenters. The van der Waals surface area contributed by atoms with E-state index in [0.717, 1.165) is 5.69 Å². The number of rotatable bonds is 4. The normalized spacial score (nSPS) is 10.1. The van der Waals surface area contributed by atoms with Crippen molar-refractivity contribution in [2.45, 2.75) is 6.54 Å². The van der Waals surface area contributed by atoms with Gasteiger partial charge >= 0.3 is 0 Å². The maximum Gasteiger partial charge on any atom is 0.276 e. The SMILES string of the molecule is COc1cccc(CN(C)C(=O)c2ccon2)n1. The summed E-state index contributed by atoms with van der Waals surface area (Å²) in [7, 11) is 3.23. The number of hydrogen-bond acceptors (Lipinski definition) is 5. The summed E-state index contributed by atoms with van der Waals surface area (Å²) in [6.07, 6.45) is 1.37. The fourth-order valence-corrected chi connectivity index (χ4v) is 1.49.